The number of carbonyl (C=O) groups is 1. The van der Waals surface area contributed by atoms with E-state index in [1.165, 1.54) is 23.9 Å². The van der Waals surface area contributed by atoms with Crippen LogP contribution in [0.25, 0.3) is 11.4 Å². The van der Waals surface area contributed by atoms with Crippen molar-refractivity contribution in [1.82, 2.24) is 14.8 Å². The predicted molar refractivity (Wildman–Crippen MR) is 115 cm³/mol. The van der Waals surface area contributed by atoms with Crippen LogP contribution in [0.4, 0.5) is 10.1 Å². The molecule has 3 aromatic rings. The molecule has 152 valence electrons. The number of carbonyl (C=O) groups excluding carboxylic acids is 1. The SMILES string of the molecule is COCCn1c(S[C@H](C)C(=O)Nc2ccc(Br)cc2F)nnc1-c1ccccc1. The standard InChI is InChI=1S/C20H20BrFN4O2S/c1-13(19(27)23-17-9-8-15(21)12-16(17)22)29-20-25-24-18(26(20)10-11-28-2)14-6-4-3-5-7-14/h3-9,12-13H,10-11H2,1-2H3,(H,23,27)/t13-/m1/s1. The van der Waals surface area contributed by atoms with E-state index in [4.69, 9.17) is 4.74 Å². The summed E-state index contributed by atoms with van der Waals surface area (Å²) in [4.78, 5) is 12.6. The second kappa shape index (κ2) is 10.00. The minimum Gasteiger partial charge on any atom is -0.383 e. The van der Waals surface area contributed by atoms with Crippen molar-refractivity contribution in [2.24, 2.45) is 0 Å². The first kappa shape index (κ1) is 21.5. The van der Waals surface area contributed by atoms with Crippen molar-refractivity contribution in [1.29, 1.82) is 0 Å². The lowest BCUT2D eigenvalue weighted by molar-refractivity contribution is -0.115. The fourth-order valence-electron chi connectivity index (χ4n) is 2.60. The van der Waals surface area contributed by atoms with Gasteiger partial charge in [-0.3, -0.25) is 9.36 Å². The van der Waals surface area contributed by atoms with Crippen molar-refractivity contribution in [3.8, 4) is 11.4 Å². The molecule has 6 nitrogen and oxygen atoms in total. The fraction of sp³-hybridized carbons (Fsp3) is 0.250. The van der Waals surface area contributed by atoms with E-state index in [9.17, 15) is 9.18 Å². The van der Waals surface area contributed by atoms with Crippen LogP contribution in [0.15, 0.2) is 58.2 Å². The Kier molecular flexibility index (Phi) is 7.40. The molecule has 0 saturated heterocycles. The summed E-state index contributed by atoms with van der Waals surface area (Å²) in [7, 11) is 1.63. The van der Waals surface area contributed by atoms with Crippen LogP contribution in [0.1, 0.15) is 6.92 Å². The van der Waals surface area contributed by atoms with E-state index in [-0.39, 0.29) is 11.6 Å². The smallest absolute Gasteiger partial charge is 0.237 e. The largest absolute Gasteiger partial charge is 0.383 e. The third-order valence-electron chi connectivity index (χ3n) is 4.11. The highest BCUT2D eigenvalue weighted by Crippen LogP contribution is 2.28. The summed E-state index contributed by atoms with van der Waals surface area (Å²) in [6, 6.07) is 14.2. The average Bonchev–Trinajstić information content (AvgIpc) is 3.11. The van der Waals surface area contributed by atoms with Crippen LogP contribution >= 0.6 is 27.7 Å². The maximum Gasteiger partial charge on any atom is 0.237 e. The molecule has 0 bridgehead atoms. The number of thioether (sulfide) groups is 1. The normalized spacial score (nSPS) is 12.0. The minimum absolute atomic E-state index is 0.136. The van der Waals surface area contributed by atoms with Gasteiger partial charge in [0, 0.05) is 17.1 Å². The second-order valence-electron chi connectivity index (χ2n) is 6.19. The summed E-state index contributed by atoms with van der Waals surface area (Å²) in [6.45, 7) is 2.77. The third kappa shape index (κ3) is 5.43. The number of ether oxygens (including phenoxy) is 1. The molecule has 2 aromatic carbocycles. The van der Waals surface area contributed by atoms with Crippen molar-refractivity contribution >= 4 is 39.3 Å². The molecule has 3 rings (SSSR count). The molecule has 0 aliphatic carbocycles. The van der Waals surface area contributed by atoms with Crippen LogP contribution in [-0.2, 0) is 16.1 Å². The van der Waals surface area contributed by atoms with Gasteiger partial charge in [-0.1, -0.05) is 58.0 Å². The highest BCUT2D eigenvalue weighted by molar-refractivity contribution is 9.10. The molecule has 0 saturated carbocycles. The lowest BCUT2D eigenvalue weighted by Crippen LogP contribution is -2.23. The zero-order valence-corrected chi connectivity index (χ0v) is 18.3. The molecule has 0 aliphatic rings. The topological polar surface area (TPSA) is 69.0 Å². The molecule has 1 amide bonds. The average molecular weight is 479 g/mol. The summed E-state index contributed by atoms with van der Waals surface area (Å²) in [5.74, 6) is -0.116. The van der Waals surface area contributed by atoms with Crippen molar-refractivity contribution in [2.75, 3.05) is 19.0 Å². The molecule has 1 N–H and O–H groups in total. The van der Waals surface area contributed by atoms with Crippen LogP contribution in [0.2, 0.25) is 0 Å². The third-order valence-corrected chi connectivity index (χ3v) is 5.68. The van der Waals surface area contributed by atoms with E-state index in [0.717, 1.165) is 5.56 Å². The molecule has 0 unspecified atom stereocenters. The molecule has 1 heterocycles. The number of nitrogens with one attached hydrogen (secondary N) is 1. The predicted octanol–water partition coefficient (Wildman–Crippen LogP) is 4.61. The van der Waals surface area contributed by atoms with Crippen molar-refractivity contribution in [2.45, 2.75) is 23.9 Å². The van der Waals surface area contributed by atoms with E-state index in [2.05, 4.69) is 31.4 Å². The van der Waals surface area contributed by atoms with E-state index in [0.29, 0.717) is 28.6 Å². The number of hydrogen-bond donors (Lipinski definition) is 1. The Morgan fingerprint density at radius 1 is 1.28 bits per heavy atom. The van der Waals surface area contributed by atoms with E-state index in [1.54, 1.807) is 20.1 Å². The van der Waals surface area contributed by atoms with E-state index < -0.39 is 11.1 Å². The fourth-order valence-corrected chi connectivity index (χ4v) is 3.81. The van der Waals surface area contributed by atoms with Gasteiger partial charge in [0.25, 0.3) is 0 Å². The number of aromatic nitrogens is 3. The van der Waals surface area contributed by atoms with Crippen molar-refractivity contribution in [3.05, 3.63) is 58.8 Å². The van der Waals surface area contributed by atoms with Gasteiger partial charge < -0.3 is 10.1 Å². The molecule has 29 heavy (non-hydrogen) atoms. The Balaban J connectivity index is 1.77. The van der Waals surface area contributed by atoms with Gasteiger partial charge in [0.1, 0.15) is 5.82 Å². The quantitative estimate of drug-likeness (QED) is 0.478. The summed E-state index contributed by atoms with van der Waals surface area (Å²) in [5.41, 5.74) is 1.06. The number of nitrogens with zero attached hydrogens (tertiary/aromatic N) is 3. The van der Waals surface area contributed by atoms with Gasteiger partial charge in [0.2, 0.25) is 5.91 Å². The maximum absolute atomic E-state index is 14.0. The number of halogens is 2. The Bertz CT molecular complexity index is 984. The summed E-state index contributed by atoms with van der Waals surface area (Å²) >= 11 is 4.46. The van der Waals surface area contributed by atoms with Gasteiger partial charge in [0.05, 0.1) is 24.1 Å². The van der Waals surface area contributed by atoms with Crippen LogP contribution in [0, 0.1) is 5.82 Å². The first-order chi connectivity index (χ1) is 14.0. The van der Waals surface area contributed by atoms with Crippen LogP contribution in [0.5, 0.6) is 0 Å². The van der Waals surface area contributed by atoms with Gasteiger partial charge in [-0.15, -0.1) is 10.2 Å². The molecule has 0 radical (unpaired) electrons. The summed E-state index contributed by atoms with van der Waals surface area (Å²) in [5, 5.41) is 11.3. The number of amides is 1. The number of anilines is 1. The highest BCUT2D eigenvalue weighted by Gasteiger charge is 2.21. The molecular formula is C20H20BrFN4O2S. The lowest BCUT2D eigenvalue weighted by Gasteiger charge is -2.14. The first-order valence-electron chi connectivity index (χ1n) is 8.89. The molecule has 1 aromatic heterocycles. The molecule has 9 heteroatoms. The number of hydrogen-bond acceptors (Lipinski definition) is 5. The Labute approximate surface area is 181 Å². The Hall–Kier alpha value is -2.23. The zero-order valence-electron chi connectivity index (χ0n) is 15.9. The molecule has 0 aliphatic heterocycles. The Morgan fingerprint density at radius 2 is 2.03 bits per heavy atom. The van der Waals surface area contributed by atoms with Gasteiger partial charge in [-0.25, -0.2) is 4.39 Å². The van der Waals surface area contributed by atoms with Crippen LogP contribution in [-0.4, -0.2) is 39.6 Å². The monoisotopic (exact) mass is 478 g/mol. The van der Waals surface area contributed by atoms with E-state index in [1.807, 2.05) is 34.9 Å². The number of benzene rings is 2. The lowest BCUT2D eigenvalue weighted by atomic mass is 10.2. The zero-order chi connectivity index (χ0) is 20.8. The maximum atomic E-state index is 14.0. The minimum atomic E-state index is -0.507. The Morgan fingerprint density at radius 3 is 2.72 bits per heavy atom. The van der Waals surface area contributed by atoms with Crippen LogP contribution < -0.4 is 5.32 Å². The van der Waals surface area contributed by atoms with E-state index >= 15 is 0 Å². The highest BCUT2D eigenvalue weighted by atomic mass is 79.9. The van der Waals surface area contributed by atoms with Gasteiger partial charge in [-0.05, 0) is 25.1 Å². The van der Waals surface area contributed by atoms with Crippen molar-refractivity contribution < 1.29 is 13.9 Å². The molecule has 1 atom stereocenters. The molecule has 0 fully saturated rings. The summed E-state index contributed by atoms with van der Waals surface area (Å²) in [6.07, 6.45) is 0. The summed E-state index contributed by atoms with van der Waals surface area (Å²) < 4.78 is 21.7. The molecule has 0 spiro atoms. The second-order valence-corrected chi connectivity index (χ2v) is 8.41. The first-order valence-corrected chi connectivity index (χ1v) is 10.6. The van der Waals surface area contributed by atoms with Crippen molar-refractivity contribution in [3.63, 3.8) is 0 Å². The van der Waals surface area contributed by atoms with Gasteiger partial charge in [-0.2, -0.15) is 0 Å². The number of methoxy groups -OCH3 is 1. The van der Waals surface area contributed by atoms with Crippen LogP contribution in [0.3, 0.4) is 0 Å². The van der Waals surface area contributed by atoms with Gasteiger partial charge >= 0.3 is 0 Å². The van der Waals surface area contributed by atoms with Gasteiger partial charge in [0.15, 0.2) is 11.0 Å². The number of rotatable bonds is 8. The molecular weight excluding hydrogens is 459 g/mol.